The van der Waals surface area contributed by atoms with Crippen LogP contribution in [0.4, 0.5) is 0 Å². The number of alkyl halides is 1. The normalized spacial score (nSPS) is 10.4. The minimum atomic E-state index is 0.743. The zero-order chi connectivity index (χ0) is 10.2. The largest absolute Gasteiger partial charge is 0.127 e. The van der Waals surface area contributed by atoms with E-state index in [-0.39, 0.29) is 0 Å². The fourth-order valence-electron chi connectivity index (χ4n) is 1.49. The zero-order valence-corrected chi connectivity index (χ0v) is 9.61. The second kappa shape index (κ2) is 6.89. The van der Waals surface area contributed by atoms with E-state index in [2.05, 4.69) is 31.2 Å². The van der Waals surface area contributed by atoms with E-state index in [4.69, 9.17) is 11.6 Å². The lowest BCUT2D eigenvalue weighted by Gasteiger charge is -2.03. The summed E-state index contributed by atoms with van der Waals surface area (Å²) in [6, 6.07) is 9.89. The molecule has 1 rings (SSSR count). The maximum Gasteiger partial charge on any atom is 0.0226 e. The van der Waals surface area contributed by atoms with Gasteiger partial charge in [0.15, 0.2) is 0 Å². The van der Waals surface area contributed by atoms with Gasteiger partial charge in [0.1, 0.15) is 0 Å². The van der Waals surface area contributed by atoms with Crippen molar-refractivity contribution in [2.45, 2.75) is 39.0 Å². The van der Waals surface area contributed by atoms with Crippen LogP contribution in [-0.4, -0.2) is 5.88 Å². The van der Waals surface area contributed by atoms with Crippen molar-refractivity contribution in [2.75, 3.05) is 5.88 Å². The number of halogens is 1. The summed E-state index contributed by atoms with van der Waals surface area (Å²) in [4.78, 5) is 0. The van der Waals surface area contributed by atoms with Crippen molar-refractivity contribution in [1.29, 1.82) is 0 Å². The molecular formula is C13H18Cl. The first-order chi connectivity index (χ1) is 6.86. The fraction of sp³-hybridized carbons (Fsp3) is 0.538. The molecule has 0 atom stereocenters. The summed E-state index contributed by atoms with van der Waals surface area (Å²) in [6.45, 7) is 2.22. The number of benzene rings is 1. The lowest BCUT2D eigenvalue weighted by Crippen LogP contribution is -1.90. The van der Waals surface area contributed by atoms with Gasteiger partial charge >= 0.3 is 0 Å². The lowest BCUT2D eigenvalue weighted by molar-refractivity contribution is 0.791. The molecule has 0 fully saturated rings. The molecule has 77 valence electrons. The fourth-order valence-corrected chi connectivity index (χ4v) is 1.62. The van der Waals surface area contributed by atoms with Gasteiger partial charge in [-0.05, 0) is 42.9 Å². The third-order valence-corrected chi connectivity index (χ3v) is 2.56. The van der Waals surface area contributed by atoms with Gasteiger partial charge in [0.2, 0.25) is 0 Å². The van der Waals surface area contributed by atoms with Crippen molar-refractivity contribution in [2.24, 2.45) is 0 Å². The molecule has 0 N–H and O–H groups in total. The van der Waals surface area contributed by atoms with E-state index in [0.717, 1.165) is 25.1 Å². The molecule has 14 heavy (non-hydrogen) atoms. The molecule has 1 aromatic carbocycles. The Morgan fingerprint density at radius 1 is 1.14 bits per heavy atom. The van der Waals surface area contributed by atoms with Gasteiger partial charge in [0, 0.05) is 5.88 Å². The molecule has 1 radical (unpaired) electrons. The molecule has 0 unspecified atom stereocenters. The molecule has 1 heteroatoms. The van der Waals surface area contributed by atoms with E-state index in [1.807, 2.05) is 0 Å². The van der Waals surface area contributed by atoms with Gasteiger partial charge in [-0.1, -0.05) is 31.5 Å². The summed E-state index contributed by atoms with van der Waals surface area (Å²) in [7, 11) is 0. The van der Waals surface area contributed by atoms with Crippen LogP contribution in [0.2, 0.25) is 0 Å². The highest BCUT2D eigenvalue weighted by molar-refractivity contribution is 6.17. The van der Waals surface area contributed by atoms with Gasteiger partial charge in [0.05, 0.1) is 0 Å². The van der Waals surface area contributed by atoms with Crippen LogP contribution in [0.5, 0.6) is 0 Å². The van der Waals surface area contributed by atoms with Crippen LogP contribution in [0.25, 0.3) is 0 Å². The summed E-state index contributed by atoms with van der Waals surface area (Å²) < 4.78 is 0. The first-order valence-corrected chi connectivity index (χ1v) is 5.96. The second-order valence-electron chi connectivity index (χ2n) is 3.60. The maximum absolute atomic E-state index is 5.66. The molecule has 0 aliphatic rings. The van der Waals surface area contributed by atoms with Gasteiger partial charge in [-0.2, -0.15) is 0 Å². The highest BCUT2D eigenvalue weighted by Gasteiger charge is 1.96. The molecule has 0 amide bonds. The number of rotatable bonds is 6. The Labute approximate surface area is 92.3 Å². The predicted molar refractivity (Wildman–Crippen MR) is 62.9 cm³/mol. The van der Waals surface area contributed by atoms with E-state index in [9.17, 15) is 0 Å². The number of hydrogen-bond donors (Lipinski definition) is 0. The first-order valence-electron chi connectivity index (χ1n) is 5.43. The molecule has 0 aliphatic heterocycles. The minimum absolute atomic E-state index is 0.743. The predicted octanol–water partition coefficient (Wildman–Crippen LogP) is 4.00. The van der Waals surface area contributed by atoms with Crippen molar-refractivity contribution < 1.29 is 0 Å². The van der Waals surface area contributed by atoms with E-state index in [1.165, 1.54) is 24.0 Å². The topological polar surface area (TPSA) is 0 Å². The van der Waals surface area contributed by atoms with Crippen LogP contribution in [0.1, 0.15) is 37.3 Å². The van der Waals surface area contributed by atoms with Gasteiger partial charge < -0.3 is 0 Å². The molecule has 0 aliphatic carbocycles. The Bertz CT molecular complexity index is 232. The Morgan fingerprint density at radius 2 is 1.79 bits per heavy atom. The van der Waals surface area contributed by atoms with Crippen LogP contribution in [0.15, 0.2) is 18.2 Å². The molecule has 0 heterocycles. The van der Waals surface area contributed by atoms with Gasteiger partial charge in [-0.25, -0.2) is 0 Å². The summed E-state index contributed by atoms with van der Waals surface area (Å²) >= 11 is 5.66. The van der Waals surface area contributed by atoms with Gasteiger partial charge in [-0.15, -0.1) is 11.6 Å². The number of hydrogen-bond acceptors (Lipinski definition) is 0. The lowest BCUT2D eigenvalue weighted by atomic mass is 10.0. The molecule has 0 saturated heterocycles. The van der Waals surface area contributed by atoms with Crippen LogP contribution in [0, 0.1) is 6.07 Å². The maximum atomic E-state index is 5.66. The standard InChI is InChI=1S/C13H18Cl/c1-2-3-6-12-7-4-8-13(11-12)9-5-10-14/h4,7-8H,2-3,5-6,9-10H2,1H3. The van der Waals surface area contributed by atoms with Crippen LogP contribution < -0.4 is 0 Å². The Balaban J connectivity index is 2.50. The van der Waals surface area contributed by atoms with Crippen molar-refractivity contribution in [3.8, 4) is 0 Å². The molecule has 1 aromatic rings. The average Bonchev–Trinajstić information content (AvgIpc) is 2.24. The van der Waals surface area contributed by atoms with Crippen molar-refractivity contribution in [3.63, 3.8) is 0 Å². The smallest absolute Gasteiger partial charge is 0.0226 e. The third kappa shape index (κ3) is 4.15. The van der Waals surface area contributed by atoms with Gasteiger partial charge in [-0.3, -0.25) is 0 Å². The van der Waals surface area contributed by atoms with E-state index < -0.39 is 0 Å². The monoisotopic (exact) mass is 209 g/mol. The molecule has 0 saturated carbocycles. The summed E-state index contributed by atoms with van der Waals surface area (Å²) in [5, 5.41) is 0. The van der Waals surface area contributed by atoms with Crippen LogP contribution >= 0.6 is 11.6 Å². The van der Waals surface area contributed by atoms with E-state index >= 15 is 0 Å². The molecule has 0 aromatic heterocycles. The third-order valence-electron chi connectivity index (χ3n) is 2.30. The van der Waals surface area contributed by atoms with Crippen LogP contribution in [-0.2, 0) is 12.8 Å². The summed E-state index contributed by atoms with van der Waals surface area (Å²) in [5.74, 6) is 0.743. The number of unbranched alkanes of at least 4 members (excludes halogenated alkanes) is 1. The minimum Gasteiger partial charge on any atom is -0.127 e. The SMILES string of the molecule is CCCCc1[c]c(CCCCl)ccc1. The first kappa shape index (κ1) is 11.6. The van der Waals surface area contributed by atoms with Crippen molar-refractivity contribution >= 4 is 11.6 Å². The zero-order valence-electron chi connectivity index (χ0n) is 8.85. The molecular weight excluding hydrogens is 192 g/mol. The van der Waals surface area contributed by atoms with Crippen molar-refractivity contribution in [3.05, 3.63) is 35.4 Å². The highest BCUT2D eigenvalue weighted by atomic mass is 35.5. The second-order valence-corrected chi connectivity index (χ2v) is 3.98. The van der Waals surface area contributed by atoms with E-state index in [1.54, 1.807) is 0 Å². The molecule has 0 nitrogen and oxygen atoms in total. The molecule has 0 bridgehead atoms. The summed E-state index contributed by atoms with van der Waals surface area (Å²) in [5.41, 5.74) is 2.65. The quantitative estimate of drug-likeness (QED) is 0.622. The van der Waals surface area contributed by atoms with Crippen LogP contribution in [0.3, 0.4) is 0 Å². The number of aryl methyl sites for hydroxylation is 2. The Hall–Kier alpha value is -0.490. The van der Waals surface area contributed by atoms with E-state index in [0.29, 0.717) is 0 Å². The molecule has 0 spiro atoms. The Morgan fingerprint density at radius 3 is 2.36 bits per heavy atom. The van der Waals surface area contributed by atoms with Crippen molar-refractivity contribution in [1.82, 2.24) is 0 Å². The van der Waals surface area contributed by atoms with Gasteiger partial charge in [0.25, 0.3) is 0 Å². The average molecular weight is 210 g/mol. The Kier molecular flexibility index (Phi) is 5.70. The highest BCUT2D eigenvalue weighted by Crippen LogP contribution is 2.09. The summed E-state index contributed by atoms with van der Waals surface area (Å²) in [6.07, 6.45) is 5.78.